The van der Waals surface area contributed by atoms with Crippen molar-refractivity contribution in [1.29, 1.82) is 0 Å². The van der Waals surface area contributed by atoms with E-state index in [0.717, 1.165) is 23.8 Å². The first-order valence-corrected chi connectivity index (χ1v) is 12.2. The van der Waals surface area contributed by atoms with Crippen LogP contribution in [0, 0.1) is 5.82 Å². The van der Waals surface area contributed by atoms with Crippen molar-refractivity contribution < 1.29 is 28.2 Å². The second kappa shape index (κ2) is 11.8. The van der Waals surface area contributed by atoms with Gasteiger partial charge in [-0.05, 0) is 30.3 Å². The van der Waals surface area contributed by atoms with Gasteiger partial charge in [-0.3, -0.25) is 19.5 Å². The highest BCUT2D eigenvalue weighted by molar-refractivity contribution is 6.31. The Morgan fingerprint density at radius 3 is 2.49 bits per heavy atom. The number of benzene rings is 1. The van der Waals surface area contributed by atoms with Crippen LogP contribution in [0.5, 0.6) is 0 Å². The van der Waals surface area contributed by atoms with Gasteiger partial charge in [-0.1, -0.05) is 23.2 Å². The Hall–Kier alpha value is -4.00. The molecule has 0 aliphatic carbocycles. The molecule has 1 aromatic carbocycles. The number of nitrogens with one attached hydrogen (secondary N) is 2. The minimum Gasteiger partial charge on any atom is -0.465 e. The monoisotopic (exact) mass is 577 g/mol. The number of aromatic nitrogens is 2. The smallest absolute Gasteiger partial charge is 0.343 e. The summed E-state index contributed by atoms with van der Waals surface area (Å²) in [6.45, 7) is 0.121. The first kappa shape index (κ1) is 28.0. The lowest BCUT2D eigenvalue weighted by Gasteiger charge is -2.24. The second-order valence-corrected chi connectivity index (χ2v) is 9.32. The first-order chi connectivity index (χ1) is 18.6. The molecule has 1 aliphatic heterocycles. The molecule has 11 nitrogen and oxygen atoms in total. The number of urea groups is 1. The van der Waals surface area contributed by atoms with E-state index in [1.807, 2.05) is 0 Å². The summed E-state index contributed by atoms with van der Waals surface area (Å²) in [5, 5.41) is 5.53. The van der Waals surface area contributed by atoms with Crippen LogP contribution in [0.1, 0.15) is 16.8 Å². The van der Waals surface area contributed by atoms with E-state index in [0.29, 0.717) is 5.02 Å². The highest BCUT2D eigenvalue weighted by Crippen LogP contribution is 2.25. The summed E-state index contributed by atoms with van der Waals surface area (Å²) in [5.74, 6) is -2.17. The van der Waals surface area contributed by atoms with Crippen molar-refractivity contribution in [2.75, 3.05) is 31.4 Å². The van der Waals surface area contributed by atoms with Gasteiger partial charge in [0.05, 0.1) is 34.6 Å². The van der Waals surface area contributed by atoms with Gasteiger partial charge in [0.15, 0.2) is 0 Å². The standard InChI is InChI=1S/C25H22Cl2FN5O6/c1-38-16-9-20(33(12-16)25(37)31-21-6-3-13(26)10-29-21)22(34)30-19-5-4-15(8-18(19)28)32-11-14(27)7-17(23(32)35)24(36)39-2/h3-8,10-11,16,20H,9,12H2,1-2H3,(H,30,34)(H,29,31,37). The van der Waals surface area contributed by atoms with E-state index in [1.165, 1.54) is 42.6 Å². The number of nitrogens with zero attached hydrogens (tertiary/aromatic N) is 3. The summed E-state index contributed by atoms with van der Waals surface area (Å²) in [6.07, 6.45) is 2.34. The third-order valence-electron chi connectivity index (χ3n) is 6.00. The van der Waals surface area contributed by atoms with Crippen LogP contribution < -0.4 is 16.2 Å². The summed E-state index contributed by atoms with van der Waals surface area (Å²) in [7, 11) is 2.58. The average Bonchev–Trinajstić information content (AvgIpc) is 3.37. The molecule has 2 N–H and O–H groups in total. The van der Waals surface area contributed by atoms with Gasteiger partial charge in [0.1, 0.15) is 23.2 Å². The average molecular weight is 578 g/mol. The van der Waals surface area contributed by atoms with Gasteiger partial charge >= 0.3 is 12.0 Å². The SMILES string of the molecule is COC(=O)c1cc(Cl)cn(-c2ccc(NC(=O)C3CC(OC)CN3C(=O)Nc3ccc(Cl)cn3)c(F)c2)c1=O. The third-order valence-corrected chi connectivity index (χ3v) is 6.43. The van der Waals surface area contributed by atoms with E-state index in [2.05, 4.69) is 20.4 Å². The van der Waals surface area contributed by atoms with E-state index in [1.54, 1.807) is 6.07 Å². The number of hydrogen-bond donors (Lipinski definition) is 2. The summed E-state index contributed by atoms with van der Waals surface area (Å²) in [5.41, 5.74) is -1.23. The molecule has 204 valence electrons. The number of esters is 1. The van der Waals surface area contributed by atoms with Crippen LogP contribution >= 0.6 is 23.2 Å². The fourth-order valence-corrected chi connectivity index (χ4v) is 4.36. The number of methoxy groups -OCH3 is 2. The van der Waals surface area contributed by atoms with Crippen molar-refractivity contribution in [3.8, 4) is 5.69 Å². The van der Waals surface area contributed by atoms with Crippen LogP contribution in [0.25, 0.3) is 5.69 Å². The molecule has 3 heterocycles. The molecule has 0 saturated carbocycles. The van der Waals surface area contributed by atoms with Gasteiger partial charge in [0.2, 0.25) is 5.91 Å². The number of pyridine rings is 2. The van der Waals surface area contributed by atoms with Crippen molar-refractivity contribution in [3.05, 3.63) is 80.6 Å². The number of hydrogen-bond acceptors (Lipinski definition) is 7. The number of halogens is 3. The molecule has 2 atom stereocenters. The molecule has 1 fully saturated rings. The number of carbonyl (C=O) groups excluding carboxylic acids is 3. The molecule has 0 bridgehead atoms. The zero-order valence-corrected chi connectivity index (χ0v) is 22.1. The molecule has 0 spiro atoms. The van der Waals surface area contributed by atoms with Gasteiger partial charge in [-0.15, -0.1) is 0 Å². The maximum absolute atomic E-state index is 15.1. The quantitative estimate of drug-likeness (QED) is 0.426. The predicted octanol–water partition coefficient (Wildman–Crippen LogP) is 3.72. The van der Waals surface area contributed by atoms with Crippen LogP contribution in [0.4, 0.5) is 20.7 Å². The van der Waals surface area contributed by atoms with Crippen LogP contribution in [-0.4, -0.2) is 65.3 Å². The molecular formula is C25H22Cl2FN5O6. The lowest BCUT2D eigenvalue weighted by atomic mass is 10.1. The first-order valence-electron chi connectivity index (χ1n) is 11.4. The Balaban J connectivity index is 1.54. The van der Waals surface area contributed by atoms with E-state index in [9.17, 15) is 19.2 Å². The van der Waals surface area contributed by atoms with Crippen LogP contribution in [-0.2, 0) is 14.3 Å². The zero-order valence-electron chi connectivity index (χ0n) is 20.6. The molecule has 0 radical (unpaired) electrons. The van der Waals surface area contributed by atoms with Crippen LogP contribution in [0.3, 0.4) is 0 Å². The molecule has 39 heavy (non-hydrogen) atoms. The Morgan fingerprint density at radius 1 is 1.08 bits per heavy atom. The van der Waals surface area contributed by atoms with Crippen LogP contribution in [0.2, 0.25) is 10.0 Å². The summed E-state index contributed by atoms with van der Waals surface area (Å²) in [4.78, 5) is 56.0. The number of rotatable bonds is 6. The summed E-state index contributed by atoms with van der Waals surface area (Å²) >= 11 is 11.9. The van der Waals surface area contributed by atoms with Crippen molar-refractivity contribution in [2.24, 2.45) is 0 Å². The lowest BCUT2D eigenvalue weighted by Crippen LogP contribution is -2.45. The summed E-state index contributed by atoms with van der Waals surface area (Å²) < 4.78 is 26.0. The van der Waals surface area contributed by atoms with Gasteiger partial charge in [0, 0.05) is 38.5 Å². The third kappa shape index (κ3) is 6.19. The fraction of sp³-hybridized carbons (Fsp3) is 0.240. The van der Waals surface area contributed by atoms with Crippen molar-refractivity contribution in [1.82, 2.24) is 14.5 Å². The van der Waals surface area contributed by atoms with E-state index >= 15 is 4.39 Å². The number of anilines is 2. The molecular weight excluding hydrogens is 556 g/mol. The van der Waals surface area contributed by atoms with Crippen molar-refractivity contribution in [3.63, 3.8) is 0 Å². The van der Waals surface area contributed by atoms with Crippen molar-refractivity contribution in [2.45, 2.75) is 18.6 Å². The fourth-order valence-electron chi connectivity index (χ4n) is 4.04. The zero-order chi connectivity index (χ0) is 28.3. The summed E-state index contributed by atoms with van der Waals surface area (Å²) in [6, 6.07) is 6.25. The molecule has 3 aromatic rings. The normalized spacial score (nSPS) is 16.6. The van der Waals surface area contributed by atoms with Gasteiger partial charge in [-0.2, -0.15) is 0 Å². The highest BCUT2D eigenvalue weighted by Gasteiger charge is 2.40. The van der Waals surface area contributed by atoms with Gasteiger partial charge < -0.3 is 19.7 Å². The number of amides is 3. The van der Waals surface area contributed by atoms with Crippen molar-refractivity contribution >= 4 is 52.6 Å². The predicted molar refractivity (Wildman–Crippen MR) is 141 cm³/mol. The number of likely N-dealkylation sites (tertiary alicyclic amines) is 1. The number of ether oxygens (including phenoxy) is 2. The molecule has 3 amide bonds. The Bertz CT molecular complexity index is 1480. The topological polar surface area (TPSA) is 132 Å². The highest BCUT2D eigenvalue weighted by atomic mass is 35.5. The lowest BCUT2D eigenvalue weighted by molar-refractivity contribution is -0.119. The Kier molecular flexibility index (Phi) is 8.48. The molecule has 4 rings (SSSR count). The second-order valence-electron chi connectivity index (χ2n) is 8.45. The largest absolute Gasteiger partial charge is 0.465 e. The van der Waals surface area contributed by atoms with Gasteiger partial charge in [-0.25, -0.2) is 19.0 Å². The molecule has 1 saturated heterocycles. The van der Waals surface area contributed by atoms with Crippen LogP contribution in [0.15, 0.2) is 53.6 Å². The molecule has 1 aliphatic rings. The minimum absolute atomic E-state index is 0.0499. The minimum atomic E-state index is -0.973. The molecule has 2 aromatic heterocycles. The maximum atomic E-state index is 15.1. The molecule has 2 unspecified atom stereocenters. The Morgan fingerprint density at radius 2 is 1.85 bits per heavy atom. The maximum Gasteiger partial charge on any atom is 0.343 e. The number of carbonyl (C=O) groups is 3. The Labute approximate surface area is 231 Å². The van der Waals surface area contributed by atoms with E-state index in [-0.39, 0.29) is 40.7 Å². The van der Waals surface area contributed by atoms with E-state index < -0.39 is 41.4 Å². The van der Waals surface area contributed by atoms with E-state index in [4.69, 9.17) is 27.9 Å². The van der Waals surface area contributed by atoms with Gasteiger partial charge in [0.25, 0.3) is 5.56 Å². The molecule has 14 heteroatoms.